The van der Waals surface area contributed by atoms with Gasteiger partial charge in [-0.2, -0.15) is 0 Å². The normalized spacial score (nSPS) is 20.7. The summed E-state index contributed by atoms with van der Waals surface area (Å²) in [5, 5.41) is 12.6. The van der Waals surface area contributed by atoms with Crippen LogP contribution < -0.4 is 10.3 Å². The third-order valence-corrected chi connectivity index (χ3v) is 7.89. The first-order valence-corrected chi connectivity index (χ1v) is 12.8. The molecule has 3 aromatic rings. The number of ether oxygens (including phenoxy) is 2. The van der Waals surface area contributed by atoms with Crippen LogP contribution in [0.25, 0.3) is 22.3 Å². The van der Waals surface area contributed by atoms with Crippen molar-refractivity contribution in [1.29, 1.82) is 0 Å². The molecule has 5 rings (SSSR count). The van der Waals surface area contributed by atoms with Crippen molar-refractivity contribution in [2.45, 2.75) is 72.2 Å². The highest BCUT2D eigenvalue weighted by atomic mass is 16.6. The molecule has 8 nitrogen and oxygen atoms in total. The quantitative estimate of drug-likeness (QED) is 0.378. The minimum absolute atomic E-state index is 0.0855. The van der Waals surface area contributed by atoms with Crippen LogP contribution in [0, 0.1) is 12.8 Å². The fourth-order valence-corrected chi connectivity index (χ4v) is 5.65. The second-order valence-corrected chi connectivity index (χ2v) is 10.9. The van der Waals surface area contributed by atoms with Crippen molar-refractivity contribution in [3.8, 4) is 17.1 Å². The van der Waals surface area contributed by atoms with Crippen molar-refractivity contribution in [3.63, 3.8) is 0 Å². The zero-order valence-electron chi connectivity index (χ0n) is 27.2. The molecule has 0 saturated heterocycles. The van der Waals surface area contributed by atoms with Crippen molar-refractivity contribution >= 4 is 16.9 Å². The third-order valence-electron chi connectivity index (χ3n) is 7.89. The molecule has 0 radical (unpaired) electrons. The summed E-state index contributed by atoms with van der Waals surface area (Å²) in [6, 6.07) is 3.45. The molecule has 38 heavy (non-hydrogen) atoms. The molecule has 0 fully saturated rings. The standard InChI is InChI=1S/C30H37N3O5/c1-9-32(7)29(5,6)24-19-11-18-14-33-23(25(18)31-22(19)10-17(4)26(24)37-8)12-21-20(27(33)34)15-38-28(35)30(21,36)13-16(2)3/h10-12,16,36H,9,13-15H2,1-8H3/t30-/m0/s1/i12D,13D2,16D. The highest BCUT2D eigenvalue weighted by Crippen LogP contribution is 2.44. The van der Waals surface area contributed by atoms with Gasteiger partial charge in [-0.05, 0) is 70.4 Å². The summed E-state index contributed by atoms with van der Waals surface area (Å²) in [5.41, 5.74) is -1.25. The van der Waals surface area contributed by atoms with Gasteiger partial charge in [-0.15, -0.1) is 0 Å². The Bertz CT molecular complexity index is 1730. The van der Waals surface area contributed by atoms with Crippen LogP contribution in [0.1, 0.15) is 74.3 Å². The SMILES string of the molecule is [2H]c1c2c(c(=O)n3c1-c1nc4cc(C)c(OC)c(C(C)(C)N(C)CC)c4cc1C3)COC(=O)[C@]2(O)C([2H])([2H])C([2H])(C)C. The summed E-state index contributed by atoms with van der Waals surface area (Å²) in [7, 11) is 3.66. The van der Waals surface area contributed by atoms with E-state index < -0.39 is 47.1 Å². The van der Waals surface area contributed by atoms with Gasteiger partial charge >= 0.3 is 5.97 Å². The molecule has 2 aliphatic heterocycles. The highest BCUT2D eigenvalue weighted by Gasteiger charge is 2.47. The van der Waals surface area contributed by atoms with Crippen LogP contribution in [0.5, 0.6) is 5.75 Å². The van der Waals surface area contributed by atoms with E-state index in [-0.39, 0.29) is 23.8 Å². The Hall–Kier alpha value is -3.23. The molecular formula is C30H37N3O5. The van der Waals surface area contributed by atoms with Gasteiger partial charge in [0, 0.05) is 31.7 Å². The maximum absolute atomic E-state index is 13.9. The predicted molar refractivity (Wildman–Crippen MR) is 146 cm³/mol. The largest absolute Gasteiger partial charge is 0.496 e. The molecule has 202 valence electrons. The molecule has 8 heteroatoms. The Morgan fingerprint density at radius 3 is 2.74 bits per heavy atom. The van der Waals surface area contributed by atoms with Crippen molar-refractivity contribution in [1.82, 2.24) is 14.5 Å². The van der Waals surface area contributed by atoms with E-state index in [4.69, 9.17) is 18.6 Å². The molecule has 1 N–H and O–H groups in total. The number of carbonyl (C=O) groups is 1. The molecule has 2 aliphatic rings. The monoisotopic (exact) mass is 523 g/mol. The molecule has 0 amide bonds. The number of hydrogen-bond donors (Lipinski definition) is 1. The van der Waals surface area contributed by atoms with Gasteiger partial charge in [0.25, 0.3) is 5.56 Å². The highest BCUT2D eigenvalue weighted by molar-refractivity contribution is 5.91. The predicted octanol–water partition coefficient (Wildman–Crippen LogP) is 4.22. The Balaban J connectivity index is 1.85. The zero-order valence-corrected chi connectivity index (χ0v) is 23.2. The van der Waals surface area contributed by atoms with Crippen molar-refractivity contribution in [2.75, 3.05) is 20.7 Å². The number of pyridine rings is 2. The number of cyclic esters (lactones) is 1. The second kappa shape index (κ2) is 8.92. The van der Waals surface area contributed by atoms with Crippen LogP contribution >= 0.6 is 0 Å². The molecule has 4 heterocycles. The van der Waals surface area contributed by atoms with E-state index in [1.54, 1.807) is 7.11 Å². The average Bonchev–Trinajstić information content (AvgIpc) is 3.28. The number of carbonyl (C=O) groups excluding carboxylic acids is 1. The van der Waals surface area contributed by atoms with E-state index in [1.165, 1.54) is 18.4 Å². The topological polar surface area (TPSA) is 93.9 Å². The Morgan fingerprint density at radius 2 is 2.11 bits per heavy atom. The maximum Gasteiger partial charge on any atom is 0.343 e. The first-order chi connectivity index (χ1) is 19.4. The molecule has 0 unspecified atom stereocenters. The van der Waals surface area contributed by atoms with Crippen LogP contribution in [0.2, 0.25) is 0 Å². The fourth-order valence-electron chi connectivity index (χ4n) is 5.65. The van der Waals surface area contributed by atoms with Crippen molar-refractivity contribution < 1.29 is 24.9 Å². The Kier molecular flexibility index (Phi) is 5.09. The van der Waals surface area contributed by atoms with Gasteiger partial charge in [0.1, 0.15) is 12.4 Å². The number of nitrogens with zero attached hydrogens (tertiary/aromatic N) is 3. The average molecular weight is 524 g/mol. The number of hydrogen-bond acceptors (Lipinski definition) is 7. The Morgan fingerprint density at radius 1 is 1.39 bits per heavy atom. The van der Waals surface area contributed by atoms with E-state index in [0.29, 0.717) is 16.8 Å². The maximum atomic E-state index is 13.9. The molecule has 0 aliphatic carbocycles. The lowest BCUT2D eigenvalue weighted by Crippen LogP contribution is -2.45. The lowest BCUT2D eigenvalue weighted by molar-refractivity contribution is -0.174. The van der Waals surface area contributed by atoms with Gasteiger partial charge in [0.15, 0.2) is 5.60 Å². The van der Waals surface area contributed by atoms with Crippen molar-refractivity contribution in [3.05, 3.63) is 56.3 Å². The zero-order chi connectivity index (χ0) is 31.3. The van der Waals surface area contributed by atoms with E-state index in [1.807, 2.05) is 26.1 Å². The molecule has 1 aromatic carbocycles. The Labute approximate surface area is 228 Å². The summed E-state index contributed by atoms with van der Waals surface area (Å²) in [6.07, 6.45) is -2.91. The van der Waals surface area contributed by atoms with Crippen LogP contribution in [0.3, 0.4) is 0 Å². The number of esters is 1. The molecule has 1 atom stereocenters. The number of methoxy groups -OCH3 is 1. The fraction of sp³-hybridized carbons (Fsp3) is 0.500. The first-order valence-electron chi connectivity index (χ1n) is 14.8. The van der Waals surface area contributed by atoms with E-state index in [0.717, 1.165) is 28.8 Å². The smallest absolute Gasteiger partial charge is 0.343 e. The van der Waals surface area contributed by atoms with Crippen LogP contribution in [-0.4, -0.2) is 46.2 Å². The van der Waals surface area contributed by atoms with Gasteiger partial charge in [-0.1, -0.05) is 20.8 Å². The van der Waals surface area contributed by atoms with E-state index in [9.17, 15) is 16.1 Å². The first kappa shape index (κ1) is 21.7. The van der Waals surface area contributed by atoms with Gasteiger partial charge in [-0.25, -0.2) is 9.78 Å². The summed E-state index contributed by atoms with van der Waals surface area (Å²) < 4.78 is 47.2. The number of fused-ring (bicyclic) bond motifs is 5. The van der Waals surface area contributed by atoms with Gasteiger partial charge < -0.3 is 19.1 Å². The minimum Gasteiger partial charge on any atom is -0.496 e. The molecule has 0 bridgehead atoms. The molecule has 0 spiro atoms. The van der Waals surface area contributed by atoms with Gasteiger partial charge in [-0.3, -0.25) is 9.69 Å². The van der Waals surface area contributed by atoms with E-state index >= 15 is 0 Å². The van der Waals surface area contributed by atoms with Crippen LogP contribution in [0.4, 0.5) is 0 Å². The van der Waals surface area contributed by atoms with Crippen LogP contribution in [0.15, 0.2) is 23.0 Å². The number of aromatic nitrogens is 2. The van der Waals surface area contributed by atoms with E-state index in [2.05, 4.69) is 25.7 Å². The molecular weight excluding hydrogens is 482 g/mol. The van der Waals surface area contributed by atoms with Gasteiger partial charge in [0.2, 0.25) is 0 Å². The number of benzene rings is 1. The number of aryl methyl sites for hydroxylation is 1. The lowest BCUT2D eigenvalue weighted by atomic mass is 9.82. The second-order valence-electron chi connectivity index (χ2n) is 10.9. The molecule has 0 saturated carbocycles. The number of aliphatic hydroxyl groups is 1. The van der Waals surface area contributed by atoms with Crippen LogP contribution in [-0.2, 0) is 33.8 Å². The minimum atomic E-state index is -3.05. The third kappa shape index (κ3) is 3.68. The summed E-state index contributed by atoms with van der Waals surface area (Å²) in [5.74, 6) is -2.59. The van der Waals surface area contributed by atoms with Gasteiger partial charge in [0.05, 0.1) is 37.5 Å². The summed E-state index contributed by atoms with van der Waals surface area (Å²) in [4.78, 5) is 34.0. The molecule has 2 aromatic heterocycles. The summed E-state index contributed by atoms with van der Waals surface area (Å²) in [6.45, 7) is 11.0. The summed E-state index contributed by atoms with van der Waals surface area (Å²) >= 11 is 0. The lowest BCUT2D eigenvalue weighted by Gasteiger charge is -2.37. The number of rotatable bonds is 6. The van der Waals surface area contributed by atoms with Crippen molar-refractivity contribution in [2.24, 2.45) is 5.89 Å².